The zero-order valence-corrected chi connectivity index (χ0v) is 33.6. The lowest BCUT2D eigenvalue weighted by atomic mass is 9.99. The van der Waals surface area contributed by atoms with E-state index in [1.807, 2.05) is 67.6 Å². The molecular weight excluding hydrogens is 747 g/mol. The van der Waals surface area contributed by atoms with Gasteiger partial charge in [0.15, 0.2) is 10.8 Å². The molecule has 2 heterocycles. The van der Waals surface area contributed by atoms with E-state index in [9.17, 15) is 34.1 Å². The number of hydrogen-bond acceptors (Lipinski definition) is 9. The molecule has 2 fully saturated rings. The van der Waals surface area contributed by atoms with E-state index in [-0.39, 0.29) is 49.6 Å². The molecule has 0 aliphatic carbocycles. The van der Waals surface area contributed by atoms with Crippen molar-refractivity contribution < 1.29 is 33.7 Å². The summed E-state index contributed by atoms with van der Waals surface area (Å²) in [7, 11) is 0. The summed E-state index contributed by atoms with van der Waals surface area (Å²) >= 11 is 0. The smallest absolute Gasteiger partial charge is 0.266 e. The average Bonchev–Trinajstić information content (AvgIpc) is 3.92. The van der Waals surface area contributed by atoms with Crippen LogP contribution < -0.4 is 27.4 Å². The highest BCUT2D eigenvalue weighted by Gasteiger charge is 2.44. The number of nitrogens with two attached hydrogens (primary N) is 2. The molecule has 0 radical (unpaired) electrons. The second-order valence-corrected chi connectivity index (χ2v) is 14.9. The molecule has 7 N–H and O–H groups in total. The van der Waals surface area contributed by atoms with Gasteiger partial charge in [0, 0.05) is 26.1 Å². The molecule has 0 bridgehead atoms. The number of hydrazone groups is 1. The third-order valence-electron chi connectivity index (χ3n) is 10.6. The maximum absolute atomic E-state index is 14.3. The first-order valence-electron chi connectivity index (χ1n) is 20.3. The number of likely N-dealkylation sites (tertiary alicyclic amines) is 2. The SMILES string of the molecule is CCCCCC(NC(=O)C(N)C(C)OCc1ccccc1)C(=O)N1CCCC1C(=O)N1CCCC1C(=O)NC(CCCN/C(N)=N\[N+](=O)[O-])C(=O)Cc1ccccc1. The summed E-state index contributed by atoms with van der Waals surface area (Å²) in [6.45, 7) is 4.83. The quantitative estimate of drug-likeness (QED) is 0.0380. The summed E-state index contributed by atoms with van der Waals surface area (Å²) < 4.78 is 5.88. The molecule has 17 heteroatoms. The van der Waals surface area contributed by atoms with E-state index >= 15 is 0 Å². The zero-order chi connectivity index (χ0) is 42.0. The van der Waals surface area contributed by atoms with Crippen molar-refractivity contribution in [3.63, 3.8) is 0 Å². The van der Waals surface area contributed by atoms with Gasteiger partial charge in [-0.2, -0.15) is 0 Å². The van der Waals surface area contributed by atoms with E-state index in [1.54, 1.807) is 6.92 Å². The molecule has 316 valence electrons. The third-order valence-corrected chi connectivity index (χ3v) is 10.6. The molecule has 2 aromatic rings. The predicted molar refractivity (Wildman–Crippen MR) is 217 cm³/mol. The van der Waals surface area contributed by atoms with E-state index in [0.717, 1.165) is 24.0 Å². The van der Waals surface area contributed by atoms with Gasteiger partial charge >= 0.3 is 0 Å². The first-order chi connectivity index (χ1) is 27.9. The second-order valence-electron chi connectivity index (χ2n) is 14.9. The van der Waals surface area contributed by atoms with Gasteiger partial charge in [0.25, 0.3) is 5.96 Å². The first kappa shape index (κ1) is 45.3. The highest BCUT2D eigenvalue weighted by atomic mass is 16.7. The van der Waals surface area contributed by atoms with Crippen molar-refractivity contribution in [3.05, 3.63) is 81.9 Å². The van der Waals surface area contributed by atoms with Crippen LogP contribution in [-0.4, -0.2) is 106 Å². The zero-order valence-electron chi connectivity index (χ0n) is 33.6. The van der Waals surface area contributed by atoms with Crippen LogP contribution in [0.2, 0.25) is 0 Å². The minimum atomic E-state index is -1.04. The Morgan fingerprint density at radius 2 is 1.50 bits per heavy atom. The number of ether oxygens (including phenoxy) is 1. The molecule has 58 heavy (non-hydrogen) atoms. The molecule has 4 rings (SSSR count). The molecule has 4 amide bonds. The van der Waals surface area contributed by atoms with Crippen LogP contribution in [0.5, 0.6) is 0 Å². The average molecular weight is 806 g/mol. The molecule has 6 atom stereocenters. The van der Waals surface area contributed by atoms with Crippen LogP contribution >= 0.6 is 0 Å². The Balaban J connectivity index is 1.42. The molecule has 0 saturated carbocycles. The van der Waals surface area contributed by atoms with Gasteiger partial charge in [-0.15, -0.1) is 0 Å². The molecule has 2 aliphatic heterocycles. The van der Waals surface area contributed by atoms with Crippen molar-refractivity contribution in [1.82, 2.24) is 25.8 Å². The normalized spacial score (nSPS) is 18.8. The number of benzene rings is 2. The summed E-state index contributed by atoms with van der Waals surface area (Å²) in [6, 6.07) is 14.1. The Labute approximate surface area is 339 Å². The van der Waals surface area contributed by atoms with Crippen molar-refractivity contribution in [2.45, 2.75) is 127 Å². The van der Waals surface area contributed by atoms with Crippen LogP contribution in [0.3, 0.4) is 0 Å². The van der Waals surface area contributed by atoms with Gasteiger partial charge in [0.2, 0.25) is 23.6 Å². The summed E-state index contributed by atoms with van der Waals surface area (Å²) in [5, 5.41) is 21.1. The van der Waals surface area contributed by atoms with E-state index in [0.29, 0.717) is 58.0 Å². The van der Waals surface area contributed by atoms with Crippen LogP contribution in [0.15, 0.2) is 65.8 Å². The van der Waals surface area contributed by atoms with Gasteiger partial charge in [-0.3, -0.25) is 24.0 Å². The van der Waals surface area contributed by atoms with Crippen LogP contribution in [0.4, 0.5) is 0 Å². The molecular formula is C41H59N9O8. The number of nitro groups is 1. The minimum Gasteiger partial charge on any atom is -0.372 e. The van der Waals surface area contributed by atoms with E-state index < -0.39 is 53.2 Å². The number of nitrogens with zero attached hydrogens (tertiary/aromatic N) is 4. The molecule has 2 aromatic carbocycles. The molecule has 2 saturated heterocycles. The fraction of sp³-hybridized carbons (Fsp3) is 0.561. The third kappa shape index (κ3) is 13.6. The van der Waals surface area contributed by atoms with Crippen molar-refractivity contribution in [1.29, 1.82) is 0 Å². The number of ketones is 1. The predicted octanol–water partition coefficient (Wildman–Crippen LogP) is 2.14. The lowest BCUT2D eigenvalue weighted by molar-refractivity contribution is -0.485. The number of guanidine groups is 1. The van der Waals surface area contributed by atoms with Crippen molar-refractivity contribution >= 4 is 35.4 Å². The van der Waals surface area contributed by atoms with Crippen molar-refractivity contribution in [2.24, 2.45) is 16.6 Å². The Morgan fingerprint density at radius 1 is 0.879 bits per heavy atom. The molecule has 2 aliphatic rings. The van der Waals surface area contributed by atoms with Gasteiger partial charge < -0.3 is 42.0 Å². The lowest BCUT2D eigenvalue weighted by Crippen LogP contribution is -2.58. The van der Waals surface area contributed by atoms with Gasteiger partial charge in [0.05, 0.1) is 18.8 Å². The van der Waals surface area contributed by atoms with Crippen molar-refractivity contribution in [3.8, 4) is 0 Å². The molecule has 0 aromatic heterocycles. The van der Waals surface area contributed by atoms with Crippen molar-refractivity contribution in [2.75, 3.05) is 19.6 Å². The van der Waals surface area contributed by atoms with Crippen LogP contribution in [0, 0.1) is 10.1 Å². The van der Waals surface area contributed by atoms with Crippen LogP contribution in [0.25, 0.3) is 0 Å². The summed E-state index contributed by atoms with van der Waals surface area (Å²) in [4.78, 5) is 83.0. The number of hydrogen-bond donors (Lipinski definition) is 5. The highest BCUT2D eigenvalue weighted by Crippen LogP contribution is 2.26. The number of Topliss-reactive ketones (excluding diaryl/α,β-unsaturated/α-hetero) is 1. The second kappa shape index (κ2) is 23.1. The maximum Gasteiger partial charge on any atom is 0.266 e. The summed E-state index contributed by atoms with van der Waals surface area (Å²) in [5.41, 5.74) is 13.6. The standard InChI is InChI=1S/C41H59N9O8/c1-3-4-7-19-32(46-38(53)36(42)28(2)58-27-30-17-10-6-11-18-30)39(54)49-25-14-22-34(49)40(55)48-24-13-21-33(48)37(52)45-31(20-12-23-44-41(43)47-50(56)57)35(51)26-29-15-8-5-9-16-29/h5-6,8-11,15-18,28,31-34,36H,3-4,7,12-14,19-27,42H2,1-2H3,(H,45,52)(H,46,53)(H3,43,44,47). The number of carbonyl (C=O) groups is 5. The van der Waals surface area contributed by atoms with E-state index in [4.69, 9.17) is 16.2 Å². The Morgan fingerprint density at radius 3 is 2.16 bits per heavy atom. The Hall–Kier alpha value is -5.42. The molecule has 0 spiro atoms. The number of carbonyl (C=O) groups excluding carboxylic acids is 5. The number of amides is 4. The Bertz CT molecular complexity index is 1710. The largest absolute Gasteiger partial charge is 0.372 e. The number of nitrogens with one attached hydrogen (secondary N) is 3. The minimum absolute atomic E-state index is 0.0665. The fourth-order valence-corrected chi connectivity index (χ4v) is 7.37. The number of unbranched alkanes of at least 4 members (excludes halogenated alkanes) is 2. The summed E-state index contributed by atoms with van der Waals surface area (Å²) in [5.74, 6) is -2.32. The van der Waals surface area contributed by atoms with E-state index in [1.165, 1.54) is 9.80 Å². The monoisotopic (exact) mass is 805 g/mol. The highest BCUT2D eigenvalue weighted by molar-refractivity contribution is 5.97. The Kier molecular flexibility index (Phi) is 18.0. The van der Waals surface area contributed by atoms with Gasteiger partial charge in [-0.1, -0.05) is 86.8 Å². The van der Waals surface area contributed by atoms with Crippen LogP contribution in [-0.2, 0) is 41.7 Å². The van der Waals surface area contributed by atoms with Gasteiger partial charge in [-0.05, 0) is 63.0 Å². The fourth-order valence-electron chi connectivity index (χ4n) is 7.37. The molecule has 17 nitrogen and oxygen atoms in total. The van der Waals surface area contributed by atoms with Crippen LogP contribution in [0.1, 0.15) is 89.2 Å². The number of rotatable bonds is 22. The first-order valence-corrected chi connectivity index (χ1v) is 20.3. The van der Waals surface area contributed by atoms with E-state index in [2.05, 4.69) is 21.1 Å². The lowest BCUT2D eigenvalue weighted by Gasteiger charge is -2.33. The molecule has 6 unspecified atom stereocenters. The summed E-state index contributed by atoms with van der Waals surface area (Å²) in [6.07, 6.45) is 4.70. The van der Waals surface area contributed by atoms with Gasteiger partial charge in [-0.25, -0.2) is 10.1 Å². The van der Waals surface area contributed by atoms with Gasteiger partial charge in [0.1, 0.15) is 29.3 Å². The topological polar surface area (TPSA) is 245 Å². The maximum atomic E-state index is 14.3.